The van der Waals surface area contributed by atoms with Crippen LogP contribution in [0.5, 0.6) is 0 Å². The van der Waals surface area contributed by atoms with Gasteiger partial charge in [0, 0.05) is 6.54 Å². The molecule has 0 aliphatic heterocycles. The van der Waals surface area contributed by atoms with Gasteiger partial charge >= 0.3 is 0 Å². The lowest BCUT2D eigenvalue weighted by molar-refractivity contribution is 0.248. The first-order chi connectivity index (χ1) is 9.67. The average Bonchev–Trinajstić information content (AvgIpc) is 2.76. The van der Waals surface area contributed by atoms with Gasteiger partial charge in [0.2, 0.25) is 0 Å². The van der Waals surface area contributed by atoms with E-state index in [1.807, 2.05) is 0 Å². The van der Waals surface area contributed by atoms with E-state index in [1.165, 1.54) is 48.7 Å². The van der Waals surface area contributed by atoms with Crippen LogP contribution in [0, 0.1) is 23.5 Å². The number of H-pyrrole nitrogens is 1. The van der Waals surface area contributed by atoms with E-state index in [-0.39, 0.29) is 0 Å². The summed E-state index contributed by atoms with van der Waals surface area (Å²) in [6.45, 7) is 5.55. The molecule has 1 aliphatic carbocycles. The summed E-state index contributed by atoms with van der Waals surface area (Å²) in [7, 11) is 0. The number of hydrogen-bond donors (Lipinski definition) is 1. The lowest BCUT2D eigenvalue weighted by Gasteiger charge is -2.28. The predicted octanol–water partition coefficient (Wildman–Crippen LogP) is 5.22. The molecule has 2 aromatic rings. The molecular formula is C17H24N2S. The molecule has 1 heterocycles. The maximum Gasteiger partial charge on any atom is 0.178 e. The summed E-state index contributed by atoms with van der Waals surface area (Å²) in [6.07, 6.45) is 6.86. The second-order valence-corrected chi connectivity index (χ2v) is 6.74. The van der Waals surface area contributed by atoms with Gasteiger partial charge in [0.1, 0.15) is 0 Å². The first-order valence-corrected chi connectivity index (χ1v) is 8.27. The van der Waals surface area contributed by atoms with Crippen molar-refractivity contribution in [1.82, 2.24) is 9.55 Å². The lowest BCUT2D eigenvalue weighted by atomic mass is 9.81. The summed E-state index contributed by atoms with van der Waals surface area (Å²) in [5.74, 6) is 1.76. The van der Waals surface area contributed by atoms with Crippen LogP contribution in [0.25, 0.3) is 11.0 Å². The van der Waals surface area contributed by atoms with Gasteiger partial charge in [-0.05, 0) is 61.5 Å². The third-order valence-corrected chi connectivity index (χ3v) is 5.24. The summed E-state index contributed by atoms with van der Waals surface area (Å²) in [4.78, 5) is 3.34. The Labute approximate surface area is 126 Å². The molecule has 108 valence electrons. The van der Waals surface area contributed by atoms with Gasteiger partial charge in [0.05, 0.1) is 11.0 Å². The fourth-order valence-electron chi connectivity index (χ4n) is 3.52. The van der Waals surface area contributed by atoms with Crippen LogP contribution in [0.4, 0.5) is 0 Å². The second-order valence-electron chi connectivity index (χ2n) is 6.36. The van der Waals surface area contributed by atoms with E-state index in [1.54, 1.807) is 0 Å². The zero-order valence-corrected chi connectivity index (χ0v) is 13.3. The highest BCUT2D eigenvalue weighted by Crippen LogP contribution is 2.32. The Bertz CT molecular complexity index is 645. The number of nitrogens with zero attached hydrogens (tertiary/aromatic N) is 1. The van der Waals surface area contributed by atoms with Gasteiger partial charge in [-0.15, -0.1) is 0 Å². The number of rotatable bonds is 3. The Balaban J connectivity index is 1.82. The van der Waals surface area contributed by atoms with Crippen LogP contribution in [-0.2, 0) is 6.54 Å². The Kier molecular flexibility index (Phi) is 3.97. The number of aryl methyl sites for hydroxylation is 1. The van der Waals surface area contributed by atoms with Gasteiger partial charge in [0.15, 0.2) is 4.77 Å². The second kappa shape index (κ2) is 5.72. The van der Waals surface area contributed by atoms with Crippen molar-refractivity contribution in [2.24, 2.45) is 11.8 Å². The standard InChI is InChI=1S/C17H24N2S/c1-3-13-5-7-14(8-6-13)11-19-16-10-12(2)4-9-15(16)18-17(19)20/h4,9-10,13-14H,3,5-8,11H2,1-2H3,(H,18,20). The third kappa shape index (κ3) is 2.69. The van der Waals surface area contributed by atoms with Crippen LogP contribution >= 0.6 is 12.2 Å². The van der Waals surface area contributed by atoms with Crippen molar-refractivity contribution in [2.45, 2.75) is 52.5 Å². The summed E-state index contributed by atoms with van der Waals surface area (Å²) in [5.41, 5.74) is 3.74. The van der Waals surface area contributed by atoms with Crippen LogP contribution in [0.1, 0.15) is 44.6 Å². The molecule has 0 radical (unpaired) electrons. The molecule has 0 atom stereocenters. The van der Waals surface area contributed by atoms with Crippen molar-refractivity contribution in [3.8, 4) is 0 Å². The number of nitrogens with one attached hydrogen (secondary N) is 1. The summed E-state index contributed by atoms with van der Waals surface area (Å²) in [5, 5.41) is 0. The van der Waals surface area contributed by atoms with Crippen LogP contribution in [0.15, 0.2) is 18.2 Å². The van der Waals surface area contributed by atoms with Crippen LogP contribution in [-0.4, -0.2) is 9.55 Å². The summed E-state index contributed by atoms with van der Waals surface area (Å²) < 4.78 is 3.19. The van der Waals surface area contributed by atoms with Gasteiger partial charge in [-0.1, -0.05) is 32.3 Å². The van der Waals surface area contributed by atoms with E-state index in [2.05, 4.69) is 41.6 Å². The molecule has 1 aliphatic rings. The Hall–Kier alpha value is -1.09. The number of aromatic amines is 1. The molecule has 3 rings (SSSR count). The molecule has 1 aromatic carbocycles. The van der Waals surface area contributed by atoms with Crippen LogP contribution < -0.4 is 0 Å². The first kappa shape index (κ1) is 13.9. The van der Waals surface area contributed by atoms with E-state index in [4.69, 9.17) is 12.2 Å². The smallest absolute Gasteiger partial charge is 0.178 e. The fourth-order valence-corrected chi connectivity index (χ4v) is 3.81. The van der Waals surface area contributed by atoms with Crippen molar-refractivity contribution in [1.29, 1.82) is 0 Å². The van der Waals surface area contributed by atoms with Gasteiger partial charge in [0.25, 0.3) is 0 Å². The molecular weight excluding hydrogens is 264 g/mol. The summed E-state index contributed by atoms with van der Waals surface area (Å²) in [6, 6.07) is 6.54. The molecule has 1 fully saturated rings. The van der Waals surface area contributed by atoms with Crippen molar-refractivity contribution >= 4 is 23.3 Å². The van der Waals surface area contributed by atoms with Gasteiger partial charge in [-0.2, -0.15) is 0 Å². The van der Waals surface area contributed by atoms with Crippen molar-refractivity contribution in [3.63, 3.8) is 0 Å². The minimum absolute atomic E-state index is 0.795. The molecule has 1 saturated carbocycles. The van der Waals surface area contributed by atoms with Crippen molar-refractivity contribution < 1.29 is 0 Å². The maximum atomic E-state index is 5.52. The molecule has 0 unspecified atom stereocenters. The monoisotopic (exact) mass is 288 g/mol. The van der Waals surface area contributed by atoms with E-state index in [9.17, 15) is 0 Å². The Morgan fingerprint density at radius 2 is 1.90 bits per heavy atom. The SMILES string of the molecule is CCC1CCC(Cn2c(=S)[nH]c3ccc(C)cc32)CC1. The molecule has 3 heteroatoms. The number of benzene rings is 1. The van der Waals surface area contributed by atoms with E-state index >= 15 is 0 Å². The normalized spacial score (nSPS) is 23.3. The number of aromatic nitrogens is 2. The Morgan fingerprint density at radius 1 is 1.20 bits per heavy atom. The lowest BCUT2D eigenvalue weighted by Crippen LogP contribution is -2.18. The largest absolute Gasteiger partial charge is 0.331 e. The predicted molar refractivity (Wildman–Crippen MR) is 87.6 cm³/mol. The molecule has 20 heavy (non-hydrogen) atoms. The zero-order chi connectivity index (χ0) is 14.1. The molecule has 2 nitrogen and oxygen atoms in total. The van der Waals surface area contributed by atoms with E-state index < -0.39 is 0 Å². The molecule has 1 N–H and O–H groups in total. The highest BCUT2D eigenvalue weighted by Gasteiger charge is 2.21. The Morgan fingerprint density at radius 3 is 2.60 bits per heavy atom. The van der Waals surface area contributed by atoms with Crippen molar-refractivity contribution in [3.05, 3.63) is 28.5 Å². The molecule has 0 amide bonds. The first-order valence-electron chi connectivity index (χ1n) is 7.86. The minimum atomic E-state index is 0.795. The van der Waals surface area contributed by atoms with Gasteiger partial charge in [-0.25, -0.2) is 0 Å². The number of hydrogen-bond acceptors (Lipinski definition) is 1. The zero-order valence-electron chi connectivity index (χ0n) is 12.5. The molecule has 0 saturated heterocycles. The molecule has 0 spiro atoms. The average molecular weight is 288 g/mol. The number of fused-ring (bicyclic) bond motifs is 1. The van der Waals surface area contributed by atoms with E-state index in [0.717, 1.165) is 23.2 Å². The highest BCUT2D eigenvalue weighted by molar-refractivity contribution is 7.71. The highest BCUT2D eigenvalue weighted by atomic mass is 32.1. The minimum Gasteiger partial charge on any atom is -0.331 e. The topological polar surface area (TPSA) is 20.7 Å². The fraction of sp³-hybridized carbons (Fsp3) is 0.588. The van der Waals surface area contributed by atoms with Gasteiger partial charge < -0.3 is 9.55 Å². The molecule has 0 bridgehead atoms. The number of imidazole rings is 1. The van der Waals surface area contributed by atoms with E-state index in [0.29, 0.717) is 0 Å². The maximum absolute atomic E-state index is 5.52. The third-order valence-electron chi connectivity index (χ3n) is 4.92. The van der Waals surface area contributed by atoms with Gasteiger partial charge in [-0.3, -0.25) is 0 Å². The molecule has 1 aromatic heterocycles. The van der Waals surface area contributed by atoms with Crippen LogP contribution in [0.3, 0.4) is 0 Å². The quantitative estimate of drug-likeness (QED) is 0.768. The van der Waals surface area contributed by atoms with Crippen molar-refractivity contribution in [2.75, 3.05) is 0 Å². The van der Waals surface area contributed by atoms with Crippen LogP contribution in [0.2, 0.25) is 0 Å². The summed E-state index contributed by atoms with van der Waals surface area (Å²) >= 11 is 5.52.